The smallest absolute Gasteiger partial charge is 0.410 e. The van der Waals surface area contributed by atoms with Gasteiger partial charge in [-0.25, -0.2) is 13.7 Å². The van der Waals surface area contributed by atoms with Gasteiger partial charge in [0.1, 0.15) is 5.60 Å². The van der Waals surface area contributed by atoms with Crippen LogP contribution in [-0.2, 0) is 22.1 Å². The van der Waals surface area contributed by atoms with Gasteiger partial charge in [0.15, 0.2) is 0 Å². The van der Waals surface area contributed by atoms with Crippen LogP contribution < -0.4 is 4.72 Å². The summed E-state index contributed by atoms with van der Waals surface area (Å²) >= 11 is 0. The van der Waals surface area contributed by atoms with E-state index in [0.29, 0.717) is 13.1 Å². The quantitative estimate of drug-likeness (QED) is 0.810. The molecule has 2 atom stereocenters. The molecule has 2 aliphatic rings. The Balaban J connectivity index is 1.79. The monoisotopic (exact) mass is 407 g/mol. The summed E-state index contributed by atoms with van der Waals surface area (Å²) in [6.07, 6.45) is 6.10. The molecule has 0 aromatic carbocycles. The second-order valence-electron chi connectivity index (χ2n) is 10.0. The molecule has 7 heteroatoms. The second-order valence-corrected chi connectivity index (χ2v) is 12.0. The first-order valence-corrected chi connectivity index (χ1v) is 11.2. The van der Waals surface area contributed by atoms with Crippen molar-refractivity contribution in [1.82, 2.24) is 14.6 Å². The number of carbonyl (C=O) groups excluding carboxylic acids is 1. The first-order valence-electron chi connectivity index (χ1n) is 10.0. The average molecular weight is 408 g/mol. The van der Waals surface area contributed by atoms with Crippen molar-refractivity contribution in [2.45, 2.75) is 77.2 Å². The third kappa shape index (κ3) is 4.40. The van der Waals surface area contributed by atoms with Gasteiger partial charge in [-0.3, -0.25) is 4.98 Å². The first-order chi connectivity index (χ1) is 12.9. The van der Waals surface area contributed by atoms with Crippen molar-refractivity contribution >= 4 is 17.1 Å². The first kappa shape index (κ1) is 21.2. The number of hydrogen-bond acceptors (Lipinski definition) is 4. The summed E-state index contributed by atoms with van der Waals surface area (Å²) in [7, 11) is -1.18. The summed E-state index contributed by atoms with van der Waals surface area (Å²) in [6, 6.07) is 2.05. The lowest BCUT2D eigenvalue weighted by atomic mass is 9.73. The Bertz CT molecular complexity index is 759. The molecule has 0 saturated carbocycles. The standard InChI is InChI=1S/C21H33N3O3S/c1-19(2,3)27-18(25)24-11-8-21(9-12-24)13-15-7-10-22-14-16(15)17(21)23-28(26)20(4,5)6/h7,10,14,17,23H,8-9,11-13H2,1-6H3/t17-,28-/m1/s1. The molecule has 1 aromatic heterocycles. The molecule has 2 heterocycles. The summed E-state index contributed by atoms with van der Waals surface area (Å²) in [6.45, 7) is 12.9. The highest BCUT2D eigenvalue weighted by molar-refractivity contribution is 7.84. The maximum absolute atomic E-state index is 12.9. The second kappa shape index (κ2) is 7.41. The van der Waals surface area contributed by atoms with Gasteiger partial charge in [0.25, 0.3) is 0 Å². The fourth-order valence-corrected chi connectivity index (χ4v) is 5.01. The van der Waals surface area contributed by atoms with E-state index in [2.05, 4.69) is 15.8 Å². The van der Waals surface area contributed by atoms with E-state index in [1.807, 2.05) is 53.9 Å². The molecular weight excluding hydrogens is 374 g/mol. The van der Waals surface area contributed by atoms with Crippen LogP contribution in [0.2, 0.25) is 0 Å². The fraction of sp³-hybridized carbons (Fsp3) is 0.714. The number of fused-ring (bicyclic) bond motifs is 1. The largest absolute Gasteiger partial charge is 0.444 e. The van der Waals surface area contributed by atoms with Crippen molar-refractivity contribution in [2.75, 3.05) is 13.1 Å². The van der Waals surface area contributed by atoms with Gasteiger partial charge >= 0.3 is 6.09 Å². The number of nitrogens with zero attached hydrogens (tertiary/aromatic N) is 2. The third-order valence-corrected chi connectivity index (χ3v) is 7.17. The Labute approximate surface area is 171 Å². The molecule has 0 radical (unpaired) electrons. The van der Waals surface area contributed by atoms with E-state index in [9.17, 15) is 9.00 Å². The van der Waals surface area contributed by atoms with Gasteiger partial charge in [0.05, 0.1) is 21.8 Å². The lowest BCUT2D eigenvalue weighted by Gasteiger charge is -2.43. The van der Waals surface area contributed by atoms with Gasteiger partial charge in [0, 0.05) is 25.5 Å². The molecule has 3 rings (SSSR count). The van der Waals surface area contributed by atoms with Crippen LogP contribution in [0.3, 0.4) is 0 Å². The Hall–Kier alpha value is -1.47. The number of piperidine rings is 1. The normalized spacial score (nSPS) is 22.8. The van der Waals surface area contributed by atoms with Crippen molar-refractivity contribution in [3.8, 4) is 0 Å². The van der Waals surface area contributed by atoms with Crippen LogP contribution >= 0.6 is 0 Å². The van der Waals surface area contributed by atoms with Gasteiger partial charge < -0.3 is 9.64 Å². The Kier molecular flexibility index (Phi) is 5.62. The van der Waals surface area contributed by atoms with Crippen molar-refractivity contribution in [3.63, 3.8) is 0 Å². The van der Waals surface area contributed by atoms with Crippen LogP contribution in [0.1, 0.15) is 71.6 Å². The van der Waals surface area contributed by atoms with E-state index in [0.717, 1.165) is 24.8 Å². The van der Waals surface area contributed by atoms with E-state index in [1.54, 1.807) is 4.90 Å². The molecular formula is C21H33N3O3S. The number of pyridine rings is 1. The molecule has 1 fully saturated rings. The number of rotatable bonds is 2. The van der Waals surface area contributed by atoms with Crippen molar-refractivity contribution < 1.29 is 13.7 Å². The number of likely N-dealkylation sites (tertiary alicyclic amines) is 1. The Morgan fingerprint density at radius 2 is 1.89 bits per heavy atom. The Morgan fingerprint density at radius 3 is 2.46 bits per heavy atom. The molecule has 1 aliphatic carbocycles. The number of carbonyl (C=O) groups is 1. The predicted molar refractivity (Wildman–Crippen MR) is 111 cm³/mol. The van der Waals surface area contributed by atoms with Gasteiger partial charge in [0.2, 0.25) is 0 Å². The van der Waals surface area contributed by atoms with Gasteiger partial charge in [-0.1, -0.05) is 0 Å². The highest BCUT2D eigenvalue weighted by Gasteiger charge is 2.49. The van der Waals surface area contributed by atoms with Crippen LogP contribution in [0.25, 0.3) is 0 Å². The van der Waals surface area contributed by atoms with Crippen LogP contribution in [0, 0.1) is 5.41 Å². The molecule has 0 bridgehead atoms. The minimum absolute atomic E-state index is 0.0166. The molecule has 0 unspecified atom stereocenters. The minimum Gasteiger partial charge on any atom is -0.444 e. The van der Waals surface area contributed by atoms with Gasteiger partial charge in [-0.05, 0) is 83.4 Å². The molecule has 1 aliphatic heterocycles. The predicted octanol–water partition coefficient (Wildman–Crippen LogP) is 3.75. The molecule has 1 aromatic rings. The number of hydrogen-bond donors (Lipinski definition) is 1. The summed E-state index contributed by atoms with van der Waals surface area (Å²) in [4.78, 5) is 18.6. The lowest BCUT2D eigenvalue weighted by Crippen LogP contribution is -2.49. The number of ether oxygens (including phenoxy) is 1. The lowest BCUT2D eigenvalue weighted by molar-refractivity contribution is 0.00723. The summed E-state index contributed by atoms with van der Waals surface area (Å²) in [5, 5.41) is 0. The highest BCUT2D eigenvalue weighted by Crippen LogP contribution is 2.52. The van der Waals surface area contributed by atoms with Crippen molar-refractivity contribution in [2.24, 2.45) is 5.41 Å². The molecule has 28 heavy (non-hydrogen) atoms. The van der Waals surface area contributed by atoms with Crippen LogP contribution in [-0.4, -0.2) is 43.6 Å². The van der Waals surface area contributed by atoms with E-state index in [4.69, 9.17) is 4.74 Å². The van der Waals surface area contributed by atoms with E-state index in [1.165, 1.54) is 5.56 Å². The highest BCUT2D eigenvalue weighted by atomic mass is 32.2. The van der Waals surface area contributed by atoms with E-state index < -0.39 is 16.6 Å². The minimum atomic E-state index is -1.18. The molecule has 156 valence electrons. The topological polar surface area (TPSA) is 71.5 Å². The molecule has 1 N–H and O–H groups in total. The maximum Gasteiger partial charge on any atom is 0.410 e. The maximum atomic E-state index is 12.9. The SMILES string of the molecule is CC(C)(C)OC(=O)N1CCC2(CC1)Cc1ccncc1[C@H]2N[S@](=O)C(C)(C)C. The van der Waals surface area contributed by atoms with Gasteiger partial charge in [-0.15, -0.1) is 0 Å². The van der Waals surface area contributed by atoms with Crippen LogP contribution in [0.15, 0.2) is 18.5 Å². The van der Waals surface area contributed by atoms with E-state index in [-0.39, 0.29) is 22.3 Å². The van der Waals surface area contributed by atoms with E-state index >= 15 is 0 Å². The van der Waals surface area contributed by atoms with Crippen molar-refractivity contribution in [1.29, 1.82) is 0 Å². The molecule has 1 spiro atoms. The van der Waals surface area contributed by atoms with Gasteiger partial charge in [-0.2, -0.15) is 0 Å². The molecule has 1 saturated heterocycles. The summed E-state index contributed by atoms with van der Waals surface area (Å²) in [5.74, 6) is 0. The number of nitrogens with one attached hydrogen (secondary N) is 1. The zero-order chi connectivity index (χ0) is 20.7. The third-order valence-electron chi connectivity index (χ3n) is 5.60. The number of amides is 1. The summed E-state index contributed by atoms with van der Waals surface area (Å²) in [5.41, 5.74) is 1.87. The fourth-order valence-electron chi connectivity index (χ4n) is 4.07. The molecule has 6 nitrogen and oxygen atoms in total. The van der Waals surface area contributed by atoms with Crippen molar-refractivity contribution in [3.05, 3.63) is 29.6 Å². The zero-order valence-corrected chi connectivity index (χ0v) is 18.7. The van der Waals surface area contributed by atoms with Crippen LogP contribution in [0.4, 0.5) is 4.79 Å². The zero-order valence-electron chi connectivity index (χ0n) is 17.9. The summed E-state index contributed by atoms with van der Waals surface area (Å²) < 4.78 is 21.5. The van der Waals surface area contributed by atoms with Crippen LogP contribution in [0.5, 0.6) is 0 Å². The number of aromatic nitrogens is 1. The Morgan fingerprint density at radius 1 is 1.25 bits per heavy atom. The average Bonchev–Trinajstić information content (AvgIpc) is 2.86. The molecule has 1 amide bonds.